The Bertz CT molecular complexity index is 452. The molecule has 114 valence electrons. The molecule has 3 heteroatoms. The molecule has 2 aliphatic carbocycles. The topological polar surface area (TPSA) is 49.8 Å². The van der Waals surface area contributed by atoms with Crippen molar-refractivity contribution in [1.29, 1.82) is 5.26 Å². The molecule has 3 rings (SSSR count). The third-order valence-electron chi connectivity index (χ3n) is 5.30. The lowest BCUT2D eigenvalue weighted by Gasteiger charge is -2.22. The molecule has 0 N–H and O–H groups in total. The number of nitrogens with zero attached hydrogens (tertiary/aromatic N) is 2. The summed E-state index contributed by atoms with van der Waals surface area (Å²) >= 11 is 0. The second-order valence-corrected chi connectivity index (χ2v) is 6.74. The highest BCUT2D eigenvalue weighted by Gasteiger charge is 2.29. The molecule has 1 aromatic heterocycles. The third-order valence-corrected chi connectivity index (χ3v) is 5.30. The van der Waals surface area contributed by atoms with Crippen molar-refractivity contribution in [2.24, 2.45) is 0 Å². The van der Waals surface area contributed by atoms with E-state index >= 15 is 0 Å². The Balaban J connectivity index is 1.84. The lowest BCUT2D eigenvalue weighted by atomic mass is 9.81. The van der Waals surface area contributed by atoms with E-state index in [4.69, 9.17) is 9.78 Å². The van der Waals surface area contributed by atoms with Gasteiger partial charge >= 0.3 is 0 Å². The molecular formula is C18H26N2O. The van der Waals surface area contributed by atoms with Gasteiger partial charge < -0.3 is 4.52 Å². The zero-order valence-electron chi connectivity index (χ0n) is 12.9. The van der Waals surface area contributed by atoms with Crippen LogP contribution in [0.2, 0.25) is 0 Å². The lowest BCUT2D eigenvalue weighted by molar-refractivity contribution is 0.312. The SMILES string of the molecule is N#CCCc1c(C2CCCCC2)noc1C1CCCCC1. The zero-order chi connectivity index (χ0) is 14.5. The predicted molar refractivity (Wildman–Crippen MR) is 82.1 cm³/mol. The molecule has 21 heavy (non-hydrogen) atoms. The minimum absolute atomic E-state index is 0.553. The Morgan fingerprint density at radius 2 is 1.57 bits per heavy atom. The van der Waals surface area contributed by atoms with E-state index < -0.39 is 0 Å². The average Bonchev–Trinajstić information content (AvgIpc) is 2.98. The summed E-state index contributed by atoms with van der Waals surface area (Å²) in [7, 11) is 0. The van der Waals surface area contributed by atoms with E-state index in [1.54, 1.807) is 0 Å². The van der Waals surface area contributed by atoms with Gasteiger partial charge in [0.25, 0.3) is 0 Å². The van der Waals surface area contributed by atoms with Gasteiger partial charge in [0, 0.05) is 23.8 Å². The monoisotopic (exact) mass is 286 g/mol. The molecule has 0 atom stereocenters. The van der Waals surface area contributed by atoms with E-state index in [1.165, 1.54) is 75.5 Å². The van der Waals surface area contributed by atoms with Crippen LogP contribution >= 0.6 is 0 Å². The molecule has 2 aliphatic rings. The smallest absolute Gasteiger partial charge is 0.143 e. The van der Waals surface area contributed by atoms with Crippen LogP contribution in [-0.4, -0.2) is 5.16 Å². The van der Waals surface area contributed by atoms with Gasteiger partial charge in [-0.05, 0) is 32.1 Å². The van der Waals surface area contributed by atoms with Crippen LogP contribution in [0.5, 0.6) is 0 Å². The van der Waals surface area contributed by atoms with Crippen LogP contribution in [0.25, 0.3) is 0 Å². The molecule has 0 spiro atoms. The van der Waals surface area contributed by atoms with Gasteiger partial charge in [-0.15, -0.1) is 0 Å². The maximum atomic E-state index is 8.97. The van der Waals surface area contributed by atoms with E-state index in [2.05, 4.69) is 11.2 Å². The van der Waals surface area contributed by atoms with Crippen LogP contribution < -0.4 is 0 Å². The Morgan fingerprint density at radius 1 is 0.952 bits per heavy atom. The second-order valence-electron chi connectivity index (χ2n) is 6.74. The number of hydrogen-bond donors (Lipinski definition) is 0. The predicted octanol–water partition coefficient (Wildman–Crippen LogP) is 5.23. The molecule has 0 bridgehead atoms. The van der Waals surface area contributed by atoms with E-state index in [0.717, 1.165) is 12.2 Å². The summed E-state index contributed by atoms with van der Waals surface area (Å²) in [6, 6.07) is 2.30. The molecule has 1 heterocycles. The molecule has 1 aromatic rings. The molecule has 2 fully saturated rings. The molecule has 0 unspecified atom stereocenters. The Hall–Kier alpha value is -1.30. The summed E-state index contributed by atoms with van der Waals surface area (Å²) < 4.78 is 5.83. The van der Waals surface area contributed by atoms with Crippen LogP contribution in [0.3, 0.4) is 0 Å². The van der Waals surface area contributed by atoms with Gasteiger partial charge in [-0.25, -0.2) is 0 Å². The normalized spacial score (nSPS) is 21.3. The maximum Gasteiger partial charge on any atom is 0.143 e. The highest BCUT2D eigenvalue weighted by Crippen LogP contribution is 2.40. The molecule has 3 nitrogen and oxygen atoms in total. The first kappa shape index (κ1) is 14.6. The van der Waals surface area contributed by atoms with Crippen molar-refractivity contribution < 1.29 is 4.52 Å². The van der Waals surface area contributed by atoms with Crippen molar-refractivity contribution in [3.63, 3.8) is 0 Å². The summed E-state index contributed by atoms with van der Waals surface area (Å²) in [5, 5.41) is 13.5. The highest BCUT2D eigenvalue weighted by atomic mass is 16.5. The summed E-state index contributed by atoms with van der Waals surface area (Å²) in [4.78, 5) is 0. The first-order chi connectivity index (χ1) is 10.4. The zero-order valence-corrected chi connectivity index (χ0v) is 12.9. The summed E-state index contributed by atoms with van der Waals surface area (Å²) in [6.07, 6.45) is 14.3. The first-order valence-corrected chi connectivity index (χ1v) is 8.75. The van der Waals surface area contributed by atoms with Crippen LogP contribution in [0.15, 0.2) is 4.52 Å². The summed E-state index contributed by atoms with van der Waals surface area (Å²) in [5.74, 6) is 2.26. The van der Waals surface area contributed by atoms with E-state index in [0.29, 0.717) is 18.3 Å². The Morgan fingerprint density at radius 3 is 2.19 bits per heavy atom. The number of nitriles is 1. The third kappa shape index (κ3) is 3.31. The van der Waals surface area contributed by atoms with Crippen molar-refractivity contribution >= 4 is 0 Å². The molecule has 0 aliphatic heterocycles. The van der Waals surface area contributed by atoms with Crippen molar-refractivity contribution in [2.75, 3.05) is 0 Å². The van der Waals surface area contributed by atoms with Gasteiger partial charge in [0.15, 0.2) is 0 Å². The van der Waals surface area contributed by atoms with Gasteiger partial charge in [-0.1, -0.05) is 43.7 Å². The van der Waals surface area contributed by atoms with Gasteiger partial charge in [0.2, 0.25) is 0 Å². The fourth-order valence-corrected chi connectivity index (χ4v) is 4.15. The largest absolute Gasteiger partial charge is 0.361 e. The van der Waals surface area contributed by atoms with Gasteiger partial charge in [-0.2, -0.15) is 5.26 Å². The number of aromatic nitrogens is 1. The Kier molecular flexibility index (Phi) is 4.95. The first-order valence-electron chi connectivity index (χ1n) is 8.75. The van der Waals surface area contributed by atoms with Crippen LogP contribution in [0, 0.1) is 11.3 Å². The van der Waals surface area contributed by atoms with E-state index in [9.17, 15) is 0 Å². The minimum atomic E-state index is 0.553. The van der Waals surface area contributed by atoms with Crippen molar-refractivity contribution in [3.05, 3.63) is 17.0 Å². The van der Waals surface area contributed by atoms with Gasteiger partial charge in [0.1, 0.15) is 5.76 Å². The van der Waals surface area contributed by atoms with Gasteiger partial charge in [-0.3, -0.25) is 0 Å². The number of rotatable bonds is 4. The fourth-order valence-electron chi connectivity index (χ4n) is 4.15. The van der Waals surface area contributed by atoms with E-state index in [1.807, 2.05) is 0 Å². The molecule has 2 saturated carbocycles. The van der Waals surface area contributed by atoms with Crippen LogP contribution in [0.4, 0.5) is 0 Å². The molecule has 0 aromatic carbocycles. The fraction of sp³-hybridized carbons (Fsp3) is 0.778. The second kappa shape index (κ2) is 7.11. The Labute approximate surface area is 127 Å². The quantitative estimate of drug-likeness (QED) is 0.761. The molecule has 0 radical (unpaired) electrons. The van der Waals surface area contributed by atoms with Crippen LogP contribution in [0.1, 0.15) is 99.5 Å². The van der Waals surface area contributed by atoms with E-state index in [-0.39, 0.29) is 0 Å². The van der Waals surface area contributed by atoms with Crippen molar-refractivity contribution in [1.82, 2.24) is 5.16 Å². The lowest BCUT2D eigenvalue weighted by Crippen LogP contribution is -2.10. The van der Waals surface area contributed by atoms with Crippen molar-refractivity contribution in [3.8, 4) is 6.07 Å². The van der Waals surface area contributed by atoms with Crippen molar-refractivity contribution in [2.45, 2.75) is 88.9 Å². The van der Waals surface area contributed by atoms with Gasteiger partial charge in [0.05, 0.1) is 11.8 Å². The average molecular weight is 286 g/mol. The molecular weight excluding hydrogens is 260 g/mol. The standard InChI is InChI=1S/C18H26N2O/c19-13-7-12-16-17(14-8-3-1-4-9-14)20-21-18(16)15-10-5-2-6-11-15/h14-15H,1-12H2. The highest BCUT2D eigenvalue weighted by molar-refractivity contribution is 5.30. The van der Waals surface area contributed by atoms with Crippen LogP contribution in [-0.2, 0) is 6.42 Å². The minimum Gasteiger partial charge on any atom is -0.361 e. The summed E-state index contributed by atoms with van der Waals surface area (Å²) in [6.45, 7) is 0. The molecule has 0 saturated heterocycles. The summed E-state index contributed by atoms with van der Waals surface area (Å²) in [5.41, 5.74) is 2.50. The number of hydrogen-bond acceptors (Lipinski definition) is 3. The maximum absolute atomic E-state index is 8.97. The molecule has 0 amide bonds.